The first kappa shape index (κ1) is 18.5. The number of thioether (sulfide) groups is 1. The first-order valence-corrected chi connectivity index (χ1v) is 11.1. The standard InChI is InChI=1S/C16H12Cl2N2O2S3/c17-15-8-14(16(18)24-15)25(21,22)20-12-3-5-13(6-4-12)23-10-11-2-1-7-19-9-11/h1-9,20H,10H2. The van der Waals surface area contributed by atoms with Gasteiger partial charge in [0.1, 0.15) is 9.23 Å². The molecular weight excluding hydrogens is 419 g/mol. The minimum absolute atomic E-state index is 0.0146. The quantitative estimate of drug-likeness (QED) is 0.521. The predicted molar refractivity (Wildman–Crippen MR) is 105 cm³/mol. The minimum atomic E-state index is -3.76. The summed E-state index contributed by atoms with van der Waals surface area (Å²) in [7, 11) is -3.76. The van der Waals surface area contributed by atoms with Gasteiger partial charge in [-0.2, -0.15) is 0 Å². The lowest BCUT2D eigenvalue weighted by molar-refractivity contribution is 0.601. The molecule has 0 spiro atoms. The van der Waals surface area contributed by atoms with Crippen molar-refractivity contribution in [3.63, 3.8) is 0 Å². The van der Waals surface area contributed by atoms with Crippen LogP contribution in [0, 0.1) is 0 Å². The third kappa shape index (κ3) is 4.89. The summed E-state index contributed by atoms with van der Waals surface area (Å²) in [5, 5.41) is 0. The third-order valence-electron chi connectivity index (χ3n) is 3.15. The number of pyridine rings is 1. The van der Waals surface area contributed by atoms with E-state index in [4.69, 9.17) is 23.2 Å². The number of nitrogens with one attached hydrogen (secondary N) is 1. The smallest absolute Gasteiger partial charge is 0.264 e. The lowest BCUT2D eigenvalue weighted by Crippen LogP contribution is -2.12. The van der Waals surface area contributed by atoms with E-state index >= 15 is 0 Å². The van der Waals surface area contributed by atoms with Crippen LogP contribution >= 0.6 is 46.3 Å². The Morgan fingerprint density at radius 2 is 1.92 bits per heavy atom. The molecule has 0 bridgehead atoms. The summed E-state index contributed by atoms with van der Waals surface area (Å²) in [6.07, 6.45) is 3.56. The van der Waals surface area contributed by atoms with Crippen molar-refractivity contribution in [3.8, 4) is 0 Å². The number of hydrogen-bond donors (Lipinski definition) is 1. The van der Waals surface area contributed by atoms with Crippen LogP contribution in [-0.2, 0) is 15.8 Å². The van der Waals surface area contributed by atoms with Crippen molar-refractivity contribution in [1.29, 1.82) is 0 Å². The van der Waals surface area contributed by atoms with E-state index in [9.17, 15) is 8.42 Å². The number of halogens is 2. The maximum atomic E-state index is 12.4. The van der Waals surface area contributed by atoms with Crippen molar-refractivity contribution in [2.75, 3.05) is 4.72 Å². The fraction of sp³-hybridized carbons (Fsp3) is 0.0625. The van der Waals surface area contributed by atoms with Gasteiger partial charge in [-0.15, -0.1) is 23.1 Å². The van der Waals surface area contributed by atoms with Gasteiger partial charge in [-0.25, -0.2) is 8.42 Å². The molecule has 4 nitrogen and oxygen atoms in total. The summed E-state index contributed by atoms with van der Waals surface area (Å²) in [5.74, 6) is 0.794. The molecule has 2 aromatic heterocycles. The fourth-order valence-electron chi connectivity index (χ4n) is 1.99. The van der Waals surface area contributed by atoms with Gasteiger partial charge in [0.05, 0.1) is 4.34 Å². The average Bonchev–Trinajstić information content (AvgIpc) is 2.94. The van der Waals surface area contributed by atoms with Crippen molar-refractivity contribution < 1.29 is 8.42 Å². The van der Waals surface area contributed by atoms with Gasteiger partial charge in [-0.3, -0.25) is 9.71 Å². The molecule has 0 aliphatic heterocycles. The van der Waals surface area contributed by atoms with Crippen molar-refractivity contribution in [1.82, 2.24) is 4.98 Å². The molecule has 0 radical (unpaired) electrons. The number of anilines is 1. The lowest BCUT2D eigenvalue weighted by atomic mass is 10.3. The first-order chi connectivity index (χ1) is 11.9. The van der Waals surface area contributed by atoms with E-state index in [1.807, 2.05) is 30.5 Å². The molecule has 3 aromatic rings. The van der Waals surface area contributed by atoms with Crippen molar-refractivity contribution in [2.45, 2.75) is 15.5 Å². The fourth-order valence-corrected chi connectivity index (χ4v) is 6.03. The molecule has 0 saturated heterocycles. The highest BCUT2D eigenvalue weighted by Gasteiger charge is 2.21. The number of nitrogens with zero attached hydrogens (tertiary/aromatic N) is 1. The van der Waals surface area contributed by atoms with Crippen LogP contribution in [0.2, 0.25) is 8.67 Å². The van der Waals surface area contributed by atoms with Crippen LogP contribution in [0.3, 0.4) is 0 Å². The lowest BCUT2D eigenvalue weighted by Gasteiger charge is -2.08. The second-order valence-electron chi connectivity index (χ2n) is 4.97. The van der Waals surface area contributed by atoms with Gasteiger partial charge in [0.25, 0.3) is 10.0 Å². The molecule has 9 heteroatoms. The molecule has 3 rings (SSSR count). The maximum absolute atomic E-state index is 12.4. The summed E-state index contributed by atoms with van der Waals surface area (Å²) in [6, 6.07) is 12.4. The Morgan fingerprint density at radius 3 is 2.52 bits per heavy atom. The normalized spacial score (nSPS) is 11.4. The van der Waals surface area contributed by atoms with Gasteiger partial charge in [0.15, 0.2) is 0 Å². The van der Waals surface area contributed by atoms with Gasteiger partial charge in [-0.1, -0.05) is 29.3 Å². The van der Waals surface area contributed by atoms with Crippen LogP contribution in [0.25, 0.3) is 0 Å². The van der Waals surface area contributed by atoms with E-state index in [1.54, 1.807) is 30.1 Å². The summed E-state index contributed by atoms with van der Waals surface area (Å²) in [4.78, 5) is 5.10. The van der Waals surface area contributed by atoms with Crippen LogP contribution in [0.15, 0.2) is 64.6 Å². The minimum Gasteiger partial charge on any atom is -0.280 e. The summed E-state index contributed by atoms with van der Waals surface area (Å²) in [5.41, 5.74) is 1.59. The molecular formula is C16H12Cl2N2O2S3. The summed E-state index contributed by atoms with van der Waals surface area (Å²) < 4.78 is 27.7. The maximum Gasteiger partial charge on any atom is 0.264 e. The average molecular weight is 431 g/mol. The molecule has 1 aromatic carbocycles. The highest BCUT2D eigenvalue weighted by atomic mass is 35.5. The molecule has 2 heterocycles. The molecule has 0 saturated carbocycles. The van der Waals surface area contributed by atoms with Crippen LogP contribution < -0.4 is 4.72 Å². The van der Waals surface area contributed by atoms with Crippen LogP contribution in [0.1, 0.15) is 5.56 Å². The van der Waals surface area contributed by atoms with Gasteiger partial charge in [-0.05, 0) is 42.0 Å². The van der Waals surface area contributed by atoms with Gasteiger partial charge in [0, 0.05) is 28.7 Å². The number of benzene rings is 1. The highest BCUT2D eigenvalue weighted by molar-refractivity contribution is 7.98. The zero-order valence-electron chi connectivity index (χ0n) is 12.6. The Labute approximate surface area is 164 Å². The zero-order chi connectivity index (χ0) is 17.9. The molecule has 0 unspecified atom stereocenters. The molecule has 0 aliphatic rings. The third-order valence-corrected chi connectivity index (χ3v) is 7.37. The molecule has 0 fully saturated rings. The predicted octanol–water partition coefficient (Wildman–Crippen LogP) is 5.54. The Kier molecular flexibility index (Phi) is 5.91. The van der Waals surface area contributed by atoms with E-state index < -0.39 is 10.0 Å². The number of thiophene rings is 1. The largest absolute Gasteiger partial charge is 0.280 e. The summed E-state index contributed by atoms with van der Waals surface area (Å²) >= 11 is 14.4. The number of sulfonamides is 1. The Bertz CT molecular complexity index is 959. The topological polar surface area (TPSA) is 59.1 Å². The molecule has 0 atom stereocenters. The molecule has 25 heavy (non-hydrogen) atoms. The van der Waals surface area contributed by atoms with Crippen molar-refractivity contribution >= 4 is 62.0 Å². The van der Waals surface area contributed by atoms with E-state index in [0.29, 0.717) is 10.0 Å². The van der Waals surface area contributed by atoms with Crippen molar-refractivity contribution in [3.05, 3.63) is 69.1 Å². The van der Waals surface area contributed by atoms with Gasteiger partial charge < -0.3 is 0 Å². The van der Waals surface area contributed by atoms with E-state index in [-0.39, 0.29) is 9.23 Å². The van der Waals surface area contributed by atoms with E-state index in [0.717, 1.165) is 27.5 Å². The van der Waals surface area contributed by atoms with E-state index in [1.165, 1.54) is 6.07 Å². The van der Waals surface area contributed by atoms with Crippen LogP contribution in [-0.4, -0.2) is 13.4 Å². The number of rotatable bonds is 6. The monoisotopic (exact) mass is 430 g/mol. The number of aromatic nitrogens is 1. The highest BCUT2D eigenvalue weighted by Crippen LogP contribution is 2.35. The zero-order valence-corrected chi connectivity index (χ0v) is 16.6. The second-order valence-corrected chi connectivity index (χ2v) is 9.95. The first-order valence-electron chi connectivity index (χ1n) is 7.03. The van der Waals surface area contributed by atoms with Crippen molar-refractivity contribution in [2.24, 2.45) is 0 Å². The molecule has 130 valence electrons. The van der Waals surface area contributed by atoms with Gasteiger partial charge in [0.2, 0.25) is 0 Å². The van der Waals surface area contributed by atoms with E-state index in [2.05, 4.69) is 9.71 Å². The second kappa shape index (κ2) is 7.97. The van der Waals surface area contributed by atoms with Gasteiger partial charge >= 0.3 is 0 Å². The van der Waals surface area contributed by atoms with Crippen LogP contribution in [0.4, 0.5) is 5.69 Å². The molecule has 0 amide bonds. The van der Waals surface area contributed by atoms with Crippen LogP contribution in [0.5, 0.6) is 0 Å². The Morgan fingerprint density at radius 1 is 1.16 bits per heavy atom. The SMILES string of the molecule is O=S(=O)(Nc1ccc(SCc2cccnc2)cc1)c1cc(Cl)sc1Cl. The Hall–Kier alpha value is -1.25. The number of hydrogen-bond acceptors (Lipinski definition) is 5. The molecule has 0 aliphatic carbocycles. The molecule has 1 N–H and O–H groups in total. The Balaban J connectivity index is 1.67. The summed E-state index contributed by atoms with van der Waals surface area (Å²) in [6.45, 7) is 0.